The molecule has 1 rings (SSSR count). The van der Waals surface area contributed by atoms with Crippen LogP contribution in [0.3, 0.4) is 0 Å². The molecule has 0 saturated carbocycles. The highest BCUT2D eigenvalue weighted by Gasteiger charge is 2.37. The van der Waals surface area contributed by atoms with Gasteiger partial charge in [-0.2, -0.15) is 38.1 Å². The van der Waals surface area contributed by atoms with Crippen LogP contribution in [0.1, 0.15) is 31.9 Å². The van der Waals surface area contributed by atoms with Gasteiger partial charge in [-0.3, -0.25) is 0 Å². The Kier molecular flexibility index (Phi) is 6.66. The zero-order valence-corrected chi connectivity index (χ0v) is 14.5. The number of nitrogens with one attached hydrogen (secondary N) is 2. The maximum absolute atomic E-state index is 12.7. The summed E-state index contributed by atoms with van der Waals surface area (Å²) in [6.45, 7) is 6.13. The predicted octanol–water partition coefficient (Wildman–Crippen LogP) is 5.38. The van der Waals surface area contributed by atoms with Crippen molar-refractivity contribution in [2.24, 2.45) is 0 Å². The first-order valence-corrected chi connectivity index (χ1v) is 8.15. The molecule has 0 unspecified atom stereocenters. The molecule has 0 radical (unpaired) electrons. The molecule has 1 aromatic rings. The maximum atomic E-state index is 12.7. The van der Waals surface area contributed by atoms with Gasteiger partial charge < -0.3 is 10.6 Å². The number of urea groups is 1. The number of hydrogen-bond donors (Lipinski definition) is 2. The van der Waals surface area contributed by atoms with Crippen molar-refractivity contribution in [3.63, 3.8) is 0 Å². The molecule has 2 amide bonds. The van der Waals surface area contributed by atoms with E-state index in [2.05, 4.69) is 5.32 Å². The molecule has 0 bridgehead atoms. The quantitative estimate of drug-likeness (QED) is 0.537. The van der Waals surface area contributed by atoms with Gasteiger partial charge in [-0.1, -0.05) is 20.8 Å². The molecule has 0 fully saturated rings. The van der Waals surface area contributed by atoms with Crippen molar-refractivity contribution >= 4 is 23.5 Å². The number of benzene rings is 1. The summed E-state index contributed by atoms with van der Waals surface area (Å²) in [5, 5.41) is 4.39. The lowest BCUT2D eigenvalue weighted by Crippen LogP contribution is -2.31. The van der Waals surface area contributed by atoms with Crippen molar-refractivity contribution in [2.45, 2.75) is 37.9 Å². The number of amides is 2. The summed E-state index contributed by atoms with van der Waals surface area (Å²) in [4.78, 5) is 11.7. The minimum atomic E-state index is -4.96. The summed E-state index contributed by atoms with van der Waals surface area (Å²) >= 11 is 1.55. The van der Waals surface area contributed by atoms with E-state index in [9.17, 15) is 31.1 Å². The Balaban J connectivity index is 2.82. The first kappa shape index (κ1) is 21.5. The molecule has 2 N–H and O–H groups in total. The van der Waals surface area contributed by atoms with Crippen molar-refractivity contribution in [1.82, 2.24) is 5.32 Å². The molecule has 1 aromatic carbocycles. The smallest absolute Gasteiger partial charge is 0.337 e. The lowest BCUT2D eigenvalue weighted by molar-refractivity contribution is -0.143. The molecule has 0 atom stereocenters. The molecule has 10 heteroatoms. The maximum Gasteiger partial charge on any atom is 0.416 e. The molecule has 0 aromatic heterocycles. The van der Waals surface area contributed by atoms with Crippen LogP contribution in [-0.4, -0.2) is 23.1 Å². The molecule has 0 aliphatic carbocycles. The monoisotopic (exact) mass is 388 g/mol. The first-order valence-electron chi connectivity index (χ1n) is 7.17. The molecule has 0 aliphatic heterocycles. The van der Waals surface area contributed by atoms with E-state index in [1.54, 1.807) is 11.8 Å². The van der Waals surface area contributed by atoms with Crippen LogP contribution in [0.2, 0.25) is 0 Å². The van der Waals surface area contributed by atoms with Crippen LogP contribution in [-0.2, 0) is 12.4 Å². The van der Waals surface area contributed by atoms with Gasteiger partial charge >= 0.3 is 18.4 Å². The van der Waals surface area contributed by atoms with E-state index in [-0.39, 0.29) is 17.4 Å². The highest BCUT2D eigenvalue weighted by molar-refractivity contribution is 8.00. The summed E-state index contributed by atoms with van der Waals surface area (Å²) in [7, 11) is 0. The summed E-state index contributed by atoms with van der Waals surface area (Å²) in [5.74, 6) is 0.549. The van der Waals surface area contributed by atoms with Gasteiger partial charge in [0.25, 0.3) is 0 Å². The zero-order chi connectivity index (χ0) is 19.5. The average Bonchev–Trinajstić information content (AvgIpc) is 2.40. The zero-order valence-electron chi connectivity index (χ0n) is 13.7. The van der Waals surface area contributed by atoms with E-state index >= 15 is 0 Å². The Hall–Kier alpha value is -1.58. The predicted molar refractivity (Wildman–Crippen MR) is 85.7 cm³/mol. The molecule has 3 nitrogen and oxygen atoms in total. The van der Waals surface area contributed by atoms with Crippen LogP contribution >= 0.6 is 11.8 Å². The van der Waals surface area contributed by atoms with E-state index in [1.165, 1.54) is 0 Å². The second-order valence-corrected chi connectivity index (χ2v) is 8.06. The third-order valence-corrected chi connectivity index (χ3v) is 4.04. The van der Waals surface area contributed by atoms with E-state index in [0.29, 0.717) is 17.9 Å². The van der Waals surface area contributed by atoms with Gasteiger partial charge in [0.1, 0.15) is 0 Å². The topological polar surface area (TPSA) is 41.1 Å². The van der Waals surface area contributed by atoms with Gasteiger partial charge in [-0.25, -0.2) is 4.79 Å². The number of rotatable bonds is 4. The fourth-order valence-electron chi connectivity index (χ4n) is 1.72. The Morgan fingerprint density at radius 1 is 0.960 bits per heavy atom. The van der Waals surface area contributed by atoms with Crippen molar-refractivity contribution in [3.05, 3.63) is 29.3 Å². The lowest BCUT2D eigenvalue weighted by atomic mass is 10.1. The number of halogens is 6. The summed E-state index contributed by atoms with van der Waals surface area (Å²) in [6.07, 6.45) is -9.92. The van der Waals surface area contributed by atoms with Gasteiger partial charge in [0.2, 0.25) is 0 Å². The number of anilines is 1. The normalized spacial score (nSPS) is 12.8. The van der Waals surface area contributed by atoms with Gasteiger partial charge in [-0.15, -0.1) is 0 Å². The molecule has 0 aliphatic rings. The molecule has 25 heavy (non-hydrogen) atoms. The Labute approximate surface area is 145 Å². The summed E-state index contributed by atoms with van der Waals surface area (Å²) in [6, 6.07) is 0.0440. The van der Waals surface area contributed by atoms with E-state index in [0.717, 1.165) is 0 Å². The highest BCUT2D eigenvalue weighted by Crippen LogP contribution is 2.37. The van der Waals surface area contributed by atoms with Crippen LogP contribution in [0, 0.1) is 0 Å². The van der Waals surface area contributed by atoms with Crippen LogP contribution in [0.4, 0.5) is 36.8 Å². The Morgan fingerprint density at radius 2 is 1.44 bits per heavy atom. The lowest BCUT2D eigenvalue weighted by Gasteiger charge is -2.18. The molecule has 0 saturated heterocycles. The van der Waals surface area contributed by atoms with Crippen LogP contribution < -0.4 is 10.6 Å². The van der Waals surface area contributed by atoms with Crippen LogP contribution in [0.15, 0.2) is 18.2 Å². The number of hydrogen-bond acceptors (Lipinski definition) is 2. The Morgan fingerprint density at radius 3 is 1.84 bits per heavy atom. The first-order chi connectivity index (χ1) is 11.2. The third-order valence-electron chi connectivity index (χ3n) is 2.77. The number of carbonyl (C=O) groups excluding carboxylic acids is 1. The minimum Gasteiger partial charge on any atom is -0.337 e. The molecule has 0 heterocycles. The van der Waals surface area contributed by atoms with Gasteiger partial charge in [0, 0.05) is 22.7 Å². The summed E-state index contributed by atoms with van der Waals surface area (Å²) in [5.41, 5.74) is -3.55. The third kappa shape index (κ3) is 7.89. The number of carbonyl (C=O) groups is 1. The van der Waals surface area contributed by atoms with Gasteiger partial charge in [-0.05, 0) is 18.2 Å². The Bertz CT molecular complexity index is 575. The SMILES string of the molecule is CC(C)(C)SCCNC(=O)Nc1cc(C(F)(F)F)cc(C(F)(F)F)c1. The van der Waals surface area contributed by atoms with Gasteiger partial charge in [0.15, 0.2) is 0 Å². The van der Waals surface area contributed by atoms with Crippen molar-refractivity contribution in [1.29, 1.82) is 0 Å². The molecule has 142 valence electrons. The fraction of sp³-hybridized carbons (Fsp3) is 0.533. The average molecular weight is 388 g/mol. The molecular formula is C15H18F6N2OS. The van der Waals surface area contributed by atoms with E-state index < -0.39 is 35.2 Å². The van der Waals surface area contributed by atoms with Gasteiger partial charge in [0.05, 0.1) is 11.1 Å². The van der Waals surface area contributed by atoms with Crippen LogP contribution in [0.25, 0.3) is 0 Å². The van der Waals surface area contributed by atoms with E-state index in [1.807, 2.05) is 26.1 Å². The molecule has 0 spiro atoms. The number of alkyl halides is 6. The van der Waals surface area contributed by atoms with Crippen LogP contribution in [0.5, 0.6) is 0 Å². The minimum absolute atomic E-state index is 0.00303. The second-order valence-electron chi connectivity index (χ2n) is 6.14. The van der Waals surface area contributed by atoms with Crippen molar-refractivity contribution < 1.29 is 31.1 Å². The largest absolute Gasteiger partial charge is 0.416 e. The highest BCUT2D eigenvalue weighted by atomic mass is 32.2. The van der Waals surface area contributed by atoms with Crippen molar-refractivity contribution in [3.8, 4) is 0 Å². The molecular weight excluding hydrogens is 370 g/mol. The summed E-state index contributed by atoms with van der Waals surface area (Å²) < 4.78 is 76.4. The van der Waals surface area contributed by atoms with Crippen molar-refractivity contribution in [2.75, 3.05) is 17.6 Å². The van der Waals surface area contributed by atoms with E-state index in [4.69, 9.17) is 0 Å². The standard InChI is InChI=1S/C15H18F6N2OS/c1-13(2,3)25-5-4-22-12(24)23-11-7-9(14(16,17)18)6-10(8-11)15(19,20)21/h6-8H,4-5H2,1-3H3,(H2,22,23,24). The fourth-order valence-corrected chi connectivity index (χ4v) is 2.54. The number of thioether (sulfide) groups is 1. The second kappa shape index (κ2) is 7.76.